The third-order valence-corrected chi connectivity index (χ3v) is 2.15. The zero-order valence-corrected chi connectivity index (χ0v) is 12.6. The monoisotopic (exact) mass is 350 g/mol. The maximum atomic E-state index is 13.4. The highest BCUT2D eigenvalue weighted by molar-refractivity contribution is 5.84. The summed E-state index contributed by atoms with van der Waals surface area (Å²) in [5.41, 5.74) is 0. The summed E-state index contributed by atoms with van der Waals surface area (Å²) in [4.78, 5) is 43.7. The molecule has 0 spiro atoms. The average Bonchev–Trinajstić information content (AvgIpc) is 2.54. The molecular formula is C14H16F2O8. The highest BCUT2D eigenvalue weighted by atomic mass is 19.3. The Labute approximate surface area is 136 Å². The van der Waals surface area contributed by atoms with Crippen molar-refractivity contribution in [2.24, 2.45) is 0 Å². The maximum Gasteiger partial charge on any atom is 0.377 e. The van der Waals surface area contributed by atoms with Gasteiger partial charge in [-0.1, -0.05) is 13.2 Å². The van der Waals surface area contributed by atoms with Crippen LogP contribution in [0.1, 0.15) is 6.42 Å². The minimum Gasteiger partial charge on any atom is -0.462 e. The van der Waals surface area contributed by atoms with Gasteiger partial charge in [0.25, 0.3) is 0 Å². The fraction of sp³-hybridized carbons (Fsp3) is 0.429. The summed E-state index contributed by atoms with van der Waals surface area (Å²) in [5.74, 6) is -9.04. The lowest BCUT2D eigenvalue weighted by molar-refractivity contribution is -0.180. The first-order chi connectivity index (χ1) is 11.2. The van der Waals surface area contributed by atoms with E-state index < -0.39 is 56.0 Å². The molecular weight excluding hydrogens is 334 g/mol. The highest BCUT2D eigenvalue weighted by Gasteiger charge is 2.43. The van der Waals surface area contributed by atoms with Crippen LogP contribution in [0.5, 0.6) is 0 Å². The minimum atomic E-state index is -4.11. The molecule has 0 N–H and O–H groups in total. The molecule has 0 radical (unpaired) electrons. The number of carbonyl (C=O) groups is 4. The van der Waals surface area contributed by atoms with Crippen LogP contribution in [0.3, 0.4) is 0 Å². The molecule has 24 heavy (non-hydrogen) atoms. The largest absolute Gasteiger partial charge is 0.462 e. The fourth-order valence-electron chi connectivity index (χ4n) is 1.10. The lowest BCUT2D eigenvalue weighted by Crippen LogP contribution is -2.35. The lowest BCUT2D eigenvalue weighted by Gasteiger charge is -2.14. The number of halogens is 2. The number of ether oxygens (including phenoxy) is 4. The number of hydrogen-bond acceptors (Lipinski definition) is 8. The SMILES string of the molecule is C=CC(=O)OCCOC(=O)CC(F)(F)C(=O)OCCOC(=O)C=C. The molecule has 0 aliphatic carbocycles. The fourth-order valence-corrected chi connectivity index (χ4v) is 1.10. The van der Waals surface area contributed by atoms with Crippen molar-refractivity contribution in [2.45, 2.75) is 12.3 Å². The Morgan fingerprint density at radius 2 is 1.21 bits per heavy atom. The van der Waals surface area contributed by atoms with E-state index in [4.69, 9.17) is 0 Å². The van der Waals surface area contributed by atoms with Crippen LogP contribution in [0, 0.1) is 0 Å². The molecule has 0 aliphatic heterocycles. The molecule has 0 aromatic rings. The number of esters is 4. The molecule has 0 saturated carbocycles. The summed E-state index contributed by atoms with van der Waals surface area (Å²) in [6.07, 6.45) is 0.171. The van der Waals surface area contributed by atoms with Gasteiger partial charge in [0.1, 0.15) is 32.8 Å². The van der Waals surface area contributed by atoms with E-state index in [1.807, 2.05) is 0 Å². The Kier molecular flexibility index (Phi) is 9.61. The average molecular weight is 350 g/mol. The quantitative estimate of drug-likeness (QED) is 0.230. The molecule has 0 bridgehead atoms. The molecule has 0 aliphatic rings. The zero-order chi connectivity index (χ0) is 18.6. The van der Waals surface area contributed by atoms with Gasteiger partial charge in [-0.2, -0.15) is 8.78 Å². The number of alkyl halides is 2. The van der Waals surface area contributed by atoms with Gasteiger partial charge in [0.15, 0.2) is 0 Å². The van der Waals surface area contributed by atoms with E-state index in [1.54, 1.807) is 0 Å². The van der Waals surface area contributed by atoms with E-state index in [0.29, 0.717) is 0 Å². The Hall–Kier alpha value is -2.78. The van der Waals surface area contributed by atoms with Crippen LogP contribution in [0.2, 0.25) is 0 Å². The van der Waals surface area contributed by atoms with Crippen LogP contribution in [0.15, 0.2) is 25.3 Å². The predicted octanol–water partition coefficient (Wildman–Crippen LogP) is 0.557. The molecule has 0 saturated heterocycles. The Balaban J connectivity index is 4.07. The first-order valence-corrected chi connectivity index (χ1v) is 6.52. The molecule has 0 atom stereocenters. The molecule has 0 aromatic carbocycles. The predicted molar refractivity (Wildman–Crippen MR) is 73.8 cm³/mol. The molecule has 0 aromatic heterocycles. The topological polar surface area (TPSA) is 105 Å². The van der Waals surface area contributed by atoms with Crippen LogP contribution >= 0.6 is 0 Å². The van der Waals surface area contributed by atoms with Gasteiger partial charge in [0.2, 0.25) is 0 Å². The summed E-state index contributed by atoms with van der Waals surface area (Å²) in [6.45, 7) is 4.37. The van der Waals surface area contributed by atoms with Crippen LogP contribution in [-0.2, 0) is 38.1 Å². The number of rotatable bonds is 11. The molecule has 8 nitrogen and oxygen atoms in total. The van der Waals surface area contributed by atoms with Gasteiger partial charge in [0, 0.05) is 12.2 Å². The summed E-state index contributed by atoms with van der Waals surface area (Å²) in [5, 5.41) is 0. The molecule has 10 heteroatoms. The normalized spacial score (nSPS) is 10.2. The zero-order valence-electron chi connectivity index (χ0n) is 12.6. The van der Waals surface area contributed by atoms with Crippen molar-refractivity contribution in [3.05, 3.63) is 25.3 Å². The van der Waals surface area contributed by atoms with Crippen molar-refractivity contribution in [3.63, 3.8) is 0 Å². The first-order valence-electron chi connectivity index (χ1n) is 6.52. The van der Waals surface area contributed by atoms with E-state index in [1.165, 1.54) is 0 Å². The van der Waals surface area contributed by atoms with Crippen molar-refractivity contribution in [3.8, 4) is 0 Å². The van der Waals surface area contributed by atoms with Crippen molar-refractivity contribution < 1.29 is 46.9 Å². The molecule has 134 valence electrons. The smallest absolute Gasteiger partial charge is 0.377 e. The highest BCUT2D eigenvalue weighted by Crippen LogP contribution is 2.21. The van der Waals surface area contributed by atoms with Gasteiger partial charge >= 0.3 is 29.8 Å². The minimum absolute atomic E-state index is 0.346. The van der Waals surface area contributed by atoms with Crippen LogP contribution in [0.4, 0.5) is 8.78 Å². The maximum absolute atomic E-state index is 13.4. The Morgan fingerprint density at radius 1 is 0.792 bits per heavy atom. The third-order valence-electron chi connectivity index (χ3n) is 2.15. The Bertz CT molecular complexity index is 501. The standard InChI is InChI=1S/C14H16F2O8/c1-3-10(17)21-5-6-23-12(19)9-14(15,16)13(20)24-8-7-22-11(18)4-2/h3-4H,1-2,5-9H2. The molecule has 0 heterocycles. The van der Waals surface area contributed by atoms with E-state index in [9.17, 15) is 28.0 Å². The van der Waals surface area contributed by atoms with Crippen molar-refractivity contribution >= 4 is 23.9 Å². The molecule has 0 fully saturated rings. The van der Waals surface area contributed by atoms with Gasteiger partial charge in [-0.25, -0.2) is 14.4 Å². The molecule has 0 unspecified atom stereocenters. The van der Waals surface area contributed by atoms with Gasteiger partial charge in [0.05, 0.1) is 0 Å². The van der Waals surface area contributed by atoms with Crippen molar-refractivity contribution in [1.82, 2.24) is 0 Å². The van der Waals surface area contributed by atoms with E-state index >= 15 is 0 Å². The van der Waals surface area contributed by atoms with Crippen LogP contribution in [0.25, 0.3) is 0 Å². The number of carbonyl (C=O) groups excluding carboxylic acids is 4. The van der Waals surface area contributed by atoms with Gasteiger partial charge in [-0.05, 0) is 0 Å². The van der Waals surface area contributed by atoms with Crippen molar-refractivity contribution in [1.29, 1.82) is 0 Å². The van der Waals surface area contributed by atoms with Gasteiger partial charge in [-0.15, -0.1) is 0 Å². The van der Waals surface area contributed by atoms with Crippen molar-refractivity contribution in [2.75, 3.05) is 26.4 Å². The van der Waals surface area contributed by atoms with E-state index in [2.05, 4.69) is 32.1 Å². The second kappa shape index (κ2) is 10.9. The Morgan fingerprint density at radius 3 is 1.67 bits per heavy atom. The molecule has 0 amide bonds. The third kappa shape index (κ3) is 9.28. The second-order valence-electron chi connectivity index (χ2n) is 3.98. The summed E-state index contributed by atoms with van der Waals surface area (Å²) >= 11 is 0. The van der Waals surface area contributed by atoms with Crippen LogP contribution < -0.4 is 0 Å². The lowest BCUT2D eigenvalue weighted by atomic mass is 10.2. The van der Waals surface area contributed by atoms with E-state index in [0.717, 1.165) is 12.2 Å². The summed E-state index contributed by atoms with van der Waals surface area (Å²) in [6, 6.07) is 0. The van der Waals surface area contributed by atoms with Gasteiger partial charge < -0.3 is 18.9 Å². The second-order valence-corrected chi connectivity index (χ2v) is 3.98. The first kappa shape index (κ1) is 21.2. The van der Waals surface area contributed by atoms with Crippen LogP contribution in [-0.4, -0.2) is 56.2 Å². The summed E-state index contributed by atoms with van der Waals surface area (Å²) in [7, 11) is 0. The van der Waals surface area contributed by atoms with Gasteiger partial charge in [-0.3, -0.25) is 4.79 Å². The summed E-state index contributed by atoms with van der Waals surface area (Å²) < 4.78 is 44.3. The molecule has 0 rings (SSSR count). The van der Waals surface area contributed by atoms with E-state index in [-0.39, 0.29) is 6.61 Å². The number of hydrogen-bond donors (Lipinski definition) is 0.